The van der Waals surface area contributed by atoms with Gasteiger partial charge in [-0.15, -0.1) is 11.8 Å². The lowest BCUT2D eigenvalue weighted by molar-refractivity contribution is -0.385. The van der Waals surface area contributed by atoms with E-state index in [1.165, 1.54) is 11.8 Å². The molecule has 0 aliphatic heterocycles. The van der Waals surface area contributed by atoms with Crippen molar-refractivity contribution in [3.05, 3.63) is 33.9 Å². The topological polar surface area (TPSA) is 63.4 Å². The van der Waals surface area contributed by atoms with Gasteiger partial charge < -0.3 is 5.11 Å². The Hall–Kier alpha value is -1.07. The van der Waals surface area contributed by atoms with Gasteiger partial charge in [0.1, 0.15) is 0 Å². The number of benzene rings is 1. The molecule has 1 aromatic carbocycles. The predicted molar refractivity (Wildman–Crippen MR) is 60.2 cm³/mol. The maximum atomic E-state index is 10.7. The first-order valence-corrected chi connectivity index (χ1v) is 5.45. The van der Waals surface area contributed by atoms with Crippen molar-refractivity contribution in [3.63, 3.8) is 0 Å². The van der Waals surface area contributed by atoms with Crippen molar-refractivity contribution in [2.24, 2.45) is 0 Å². The van der Waals surface area contributed by atoms with E-state index in [1.54, 1.807) is 19.1 Å². The SMILES string of the molecule is Cc1ccc(SC(C)CO)cc1[N+](=O)[O-]. The summed E-state index contributed by atoms with van der Waals surface area (Å²) in [5, 5.41) is 19.6. The monoisotopic (exact) mass is 227 g/mol. The minimum atomic E-state index is -0.386. The molecule has 0 bridgehead atoms. The fourth-order valence-electron chi connectivity index (χ4n) is 1.13. The van der Waals surface area contributed by atoms with Gasteiger partial charge in [0.25, 0.3) is 5.69 Å². The Morgan fingerprint density at radius 1 is 1.60 bits per heavy atom. The summed E-state index contributed by atoms with van der Waals surface area (Å²) in [5.41, 5.74) is 0.783. The number of nitrogens with zero attached hydrogens (tertiary/aromatic N) is 1. The van der Waals surface area contributed by atoms with Crippen LogP contribution in [0.5, 0.6) is 0 Å². The summed E-state index contributed by atoms with van der Waals surface area (Å²) in [6.45, 7) is 3.64. The summed E-state index contributed by atoms with van der Waals surface area (Å²) in [4.78, 5) is 11.1. The Kier molecular flexibility index (Phi) is 4.11. The molecule has 0 spiro atoms. The fraction of sp³-hybridized carbons (Fsp3) is 0.400. The first kappa shape index (κ1) is 12.0. The number of aliphatic hydroxyl groups excluding tert-OH is 1. The zero-order valence-electron chi connectivity index (χ0n) is 8.64. The molecule has 0 saturated heterocycles. The zero-order valence-corrected chi connectivity index (χ0v) is 9.45. The zero-order chi connectivity index (χ0) is 11.4. The first-order valence-electron chi connectivity index (χ1n) is 4.57. The van der Waals surface area contributed by atoms with E-state index >= 15 is 0 Å². The van der Waals surface area contributed by atoms with E-state index in [4.69, 9.17) is 5.11 Å². The number of hydrogen-bond donors (Lipinski definition) is 1. The molecule has 0 aromatic heterocycles. The second kappa shape index (κ2) is 5.14. The quantitative estimate of drug-likeness (QED) is 0.487. The first-order chi connectivity index (χ1) is 7.04. The van der Waals surface area contributed by atoms with E-state index < -0.39 is 0 Å². The predicted octanol–water partition coefficient (Wildman–Crippen LogP) is 2.38. The van der Waals surface area contributed by atoms with Crippen LogP contribution < -0.4 is 0 Å². The number of hydrogen-bond acceptors (Lipinski definition) is 4. The third-order valence-corrected chi connectivity index (χ3v) is 3.05. The van der Waals surface area contributed by atoms with Crippen molar-refractivity contribution in [1.82, 2.24) is 0 Å². The van der Waals surface area contributed by atoms with E-state index in [-0.39, 0.29) is 22.5 Å². The van der Waals surface area contributed by atoms with Crippen LogP contribution in [0, 0.1) is 17.0 Å². The minimum absolute atomic E-state index is 0.0484. The highest BCUT2D eigenvalue weighted by atomic mass is 32.2. The minimum Gasteiger partial charge on any atom is -0.395 e. The third kappa shape index (κ3) is 3.21. The van der Waals surface area contributed by atoms with Crippen LogP contribution in [0.3, 0.4) is 0 Å². The molecular formula is C10H13NO3S. The summed E-state index contributed by atoms with van der Waals surface area (Å²) in [6, 6.07) is 5.11. The van der Waals surface area contributed by atoms with Crippen molar-refractivity contribution in [2.75, 3.05) is 6.61 Å². The van der Waals surface area contributed by atoms with E-state index in [0.717, 1.165) is 4.90 Å². The lowest BCUT2D eigenvalue weighted by atomic mass is 10.2. The number of nitro groups is 1. The summed E-state index contributed by atoms with van der Waals surface area (Å²) < 4.78 is 0. The standard InChI is InChI=1S/C10H13NO3S/c1-7-3-4-9(15-8(2)6-12)5-10(7)11(13)14/h3-5,8,12H,6H2,1-2H3. The van der Waals surface area contributed by atoms with Gasteiger partial charge >= 0.3 is 0 Å². The van der Waals surface area contributed by atoms with Gasteiger partial charge in [0.2, 0.25) is 0 Å². The Morgan fingerprint density at radius 3 is 2.80 bits per heavy atom. The smallest absolute Gasteiger partial charge is 0.273 e. The highest BCUT2D eigenvalue weighted by molar-refractivity contribution is 8.00. The summed E-state index contributed by atoms with van der Waals surface area (Å²) in [7, 11) is 0. The molecule has 15 heavy (non-hydrogen) atoms. The van der Waals surface area contributed by atoms with Crippen LogP contribution in [0.1, 0.15) is 12.5 Å². The van der Waals surface area contributed by atoms with Gasteiger partial charge in [-0.2, -0.15) is 0 Å². The molecule has 0 aliphatic carbocycles. The number of rotatable bonds is 4. The molecular weight excluding hydrogens is 214 g/mol. The molecule has 0 aliphatic rings. The van der Waals surface area contributed by atoms with Gasteiger partial charge in [0.05, 0.1) is 11.5 Å². The molecule has 1 rings (SSSR count). The van der Waals surface area contributed by atoms with E-state index in [9.17, 15) is 10.1 Å². The largest absolute Gasteiger partial charge is 0.395 e. The summed E-state index contributed by atoms with van der Waals surface area (Å²) in [6.07, 6.45) is 0. The highest BCUT2D eigenvalue weighted by Crippen LogP contribution is 2.28. The molecule has 82 valence electrons. The van der Waals surface area contributed by atoms with Gasteiger partial charge in [0.15, 0.2) is 0 Å². The van der Waals surface area contributed by atoms with E-state index in [0.29, 0.717) is 5.56 Å². The maximum absolute atomic E-state index is 10.7. The molecule has 4 nitrogen and oxygen atoms in total. The molecule has 1 aromatic rings. The second-order valence-electron chi connectivity index (χ2n) is 3.32. The van der Waals surface area contributed by atoms with Crippen LogP contribution in [0.2, 0.25) is 0 Å². The number of aliphatic hydroxyl groups is 1. The molecule has 0 heterocycles. The van der Waals surface area contributed by atoms with E-state index in [1.807, 2.05) is 13.0 Å². The Morgan fingerprint density at radius 2 is 2.27 bits per heavy atom. The van der Waals surface area contributed by atoms with Crippen molar-refractivity contribution in [1.29, 1.82) is 0 Å². The molecule has 1 unspecified atom stereocenters. The van der Waals surface area contributed by atoms with Crippen LogP contribution in [-0.2, 0) is 0 Å². The van der Waals surface area contributed by atoms with Crippen molar-refractivity contribution in [3.8, 4) is 0 Å². The molecule has 0 radical (unpaired) electrons. The summed E-state index contributed by atoms with van der Waals surface area (Å²) >= 11 is 1.43. The van der Waals surface area contributed by atoms with Crippen LogP contribution in [0.15, 0.2) is 23.1 Å². The van der Waals surface area contributed by atoms with Gasteiger partial charge in [-0.3, -0.25) is 10.1 Å². The van der Waals surface area contributed by atoms with Gasteiger partial charge in [-0.25, -0.2) is 0 Å². The number of aryl methyl sites for hydroxylation is 1. The molecule has 0 saturated carbocycles. The average molecular weight is 227 g/mol. The summed E-state index contributed by atoms with van der Waals surface area (Å²) in [5.74, 6) is 0. The molecule has 0 fully saturated rings. The number of nitro benzene ring substituents is 1. The van der Waals surface area contributed by atoms with Crippen molar-refractivity contribution in [2.45, 2.75) is 24.0 Å². The van der Waals surface area contributed by atoms with Gasteiger partial charge in [0, 0.05) is 21.8 Å². The molecule has 1 N–H and O–H groups in total. The third-order valence-electron chi connectivity index (χ3n) is 1.97. The van der Waals surface area contributed by atoms with Crippen LogP contribution in [0.25, 0.3) is 0 Å². The number of thioether (sulfide) groups is 1. The van der Waals surface area contributed by atoms with Gasteiger partial charge in [-0.1, -0.05) is 13.0 Å². The molecule has 0 amide bonds. The van der Waals surface area contributed by atoms with Crippen LogP contribution >= 0.6 is 11.8 Å². The van der Waals surface area contributed by atoms with Crippen LogP contribution in [0.4, 0.5) is 5.69 Å². The molecule has 1 atom stereocenters. The fourth-order valence-corrected chi connectivity index (χ4v) is 1.99. The van der Waals surface area contributed by atoms with Gasteiger partial charge in [-0.05, 0) is 13.0 Å². The normalized spacial score (nSPS) is 12.5. The van der Waals surface area contributed by atoms with Crippen LogP contribution in [-0.4, -0.2) is 21.9 Å². The van der Waals surface area contributed by atoms with Crippen molar-refractivity contribution >= 4 is 17.4 Å². The Bertz CT molecular complexity index is 368. The molecule has 5 heteroatoms. The highest BCUT2D eigenvalue weighted by Gasteiger charge is 2.12. The second-order valence-corrected chi connectivity index (χ2v) is 4.83. The van der Waals surface area contributed by atoms with Crippen molar-refractivity contribution < 1.29 is 10.0 Å². The average Bonchev–Trinajstić information content (AvgIpc) is 2.20. The lowest BCUT2D eigenvalue weighted by Gasteiger charge is -2.07. The van der Waals surface area contributed by atoms with E-state index in [2.05, 4.69) is 0 Å². The Labute approximate surface area is 92.5 Å². The maximum Gasteiger partial charge on any atom is 0.273 e. The lowest BCUT2D eigenvalue weighted by Crippen LogP contribution is -2.01. The Balaban J connectivity index is 2.92.